The first-order valence-electron chi connectivity index (χ1n) is 12.9. The summed E-state index contributed by atoms with van der Waals surface area (Å²) < 4.78 is 25.2. The minimum absolute atomic E-state index is 0.280. The molecule has 6 rings (SSSR count). The number of hydrogen-bond donors (Lipinski definition) is 3. The third-order valence-corrected chi connectivity index (χ3v) is 7.67. The third kappa shape index (κ3) is 4.87. The zero-order chi connectivity index (χ0) is 27.3. The summed E-state index contributed by atoms with van der Waals surface area (Å²) in [4.78, 5) is 20.2. The van der Waals surface area contributed by atoms with Crippen LogP contribution in [-0.2, 0) is 17.2 Å². The van der Waals surface area contributed by atoms with Gasteiger partial charge in [-0.05, 0) is 65.3 Å². The molecule has 0 fully saturated rings. The summed E-state index contributed by atoms with van der Waals surface area (Å²) in [5.74, 6) is 1.00. The van der Waals surface area contributed by atoms with Gasteiger partial charge in [0.1, 0.15) is 0 Å². The number of ether oxygens (including phenoxy) is 1. The molecule has 0 aliphatic carbocycles. The van der Waals surface area contributed by atoms with Crippen LogP contribution >= 0.6 is 0 Å². The van der Waals surface area contributed by atoms with Gasteiger partial charge in [0.15, 0.2) is 0 Å². The number of anilines is 3. The summed E-state index contributed by atoms with van der Waals surface area (Å²) in [6.45, 7) is 3.36. The normalized spacial score (nSPS) is 19.5. The van der Waals surface area contributed by atoms with Gasteiger partial charge in [-0.2, -0.15) is 15.2 Å². The smallest absolute Gasteiger partial charge is 0.280 e. The fraction of sp³-hybridized carbons (Fsp3) is 0.333. The molecule has 3 aromatic heterocycles. The SMILES string of the molecule is CC1CCCOc2c(cnn2C)-c2cc(cc3ccnn23)C(=O)/N=C2\Nc3ccc(N[SH](C)(C)=O)cc3N2C1. The van der Waals surface area contributed by atoms with Crippen molar-refractivity contribution in [3.05, 3.63) is 54.4 Å². The van der Waals surface area contributed by atoms with Crippen LogP contribution in [0.1, 0.15) is 30.1 Å². The summed E-state index contributed by atoms with van der Waals surface area (Å²) in [6, 6.07) is 11.2. The van der Waals surface area contributed by atoms with Gasteiger partial charge in [-0.15, -0.1) is 0 Å². The number of fused-ring (bicyclic) bond motifs is 9. The standard InChI is InChI=1S/C27H32N8O3S/c1-17-6-5-11-38-26-21(15-29-33(26)2)23-13-18(12-20-9-10-28-35(20)23)25(36)31-27-30-22-8-7-19(32-39(3,4)37)14-24(22)34(27)16-17/h7-10,12-15,17,39H,5-6,11,16H2,1-4H3,(H,32,37)(H,30,31,36). The summed E-state index contributed by atoms with van der Waals surface area (Å²) in [6.07, 6.45) is 8.58. The predicted molar refractivity (Wildman–Crippen MR) is 155 cm³/mol. The molecule has 0 saturated carbocycles. The largest absolute Gasteiger partial charge is 0.477 e. The predicted octanol–water partition coefficient (Wildman–Crippen LogP) is 3.58. The number of aromatic nitrogens is 4. The molecule has 204 valence electrons. The molecule has 12 heteroatoms. The fourth-order valence-electron chi connectivity index (χ4n) is 5.10. The Hall–Kier alpha value is -4.19. The van der Waals surface area contributed by atoms with Gasteiger partial charge in [0.2, 0.25) is 11.8 Å². The number of carbonyl (C=O) groups is 1. The summed E-state index contributed by atoms with van der Waals surface area (Å²) in [5, 5.41) is 12.2. The van der Waals surface area contributed by atoms with Crippen LogP contribution in [0.3, 0.4) is 0 Å². The number of thiol groups is 1. The van der Waals surface area contributed by atoms with E-state index in [1.807, 2.05) is 36.2 Å². The van der Waals surface area contributed by atoms with Gasteiger partial charge in [0, 0.05) is 37.4 Å². The molecule has 1 unspecified atom stereocenters. The van der Waals surface area contributed by atoms with Crippen LogP contribution in [0.5, 0.6) is 5.88 Å². The Labute approximate surface area is 227 Å². The molecule has 2 aliphatic rings. The van der Waals surface area contributed by atoms with Gasteiger partial charge in [0.25, 0.3) is 5.91 Å². The number of guanidine groups is 1. The number of amides is 1. The van der Waals surface area contributed by atoms with E-state index in [-0.39, 0.29) is 11.8 Å². The second-order valence-corrected chi connectivity index (χ2v) is 13.5. The molecule has 0 radical (unpaired) electrons. The van der Waals surface area contributed by atoms with Crippen LogP contribution < -0.4 is 19.7 Å². The molecular weight excluding hydrogens is 516 g/mol. The van der Waals surface area contributed by atoms with Crippen LogP contribution in [0, 0.1) is 5.92 Å². The van der Waals surface area contributed by atoms with Gasteiger partial charge in [0.05, 0.1) is 47.1 Å². The van der Waals surface area contributed by atoms with E-state index in [0.29, 0.717) is 36.2 Å². The minimum Gasteiger partial charge on any atom is -0.477 e. The molecule has 2 bridgehead atoms. The van der Waals surface area contributed by atoms with E-state index in [1.165, 1.54) is 0 Å². The summed E-state index contributed by atoms with van der Waals surface area (Å²) in [5.41, 5.74) is 5.15. The van der Waals surface area contributed by atoms with Crippen LogP contribution in [0.25, 0.3) is 16.8 Å². The topological polar surface area (TPSA) is 118 Å². The number of carbonyl (C=O) groups excluding carboxylic acids is 1. The molecule has 11 nitrogen and oxygen atoms in total. The molecule has 1 aromatic carbocycles. The first kappa shape index (κ1) is 25.1. The molecule has 0 spiro atoms. The summed E-state index contributed by atoms with van der Waals surface area (Å²) >= 11 is 0. The van der Waals surface area contributed by atoms with Crippen molar-refractivity contribution in [2.75, 3.05) is 40.6 Å². The Morgan fingerprint density at radius 3 is 2.82 bits per heavy atom. The lowest BCUT2D eigenvalue weighted by Crippen LogP contribution is -2.35. The average Bonchev–Trinajstić information content (AvgIpc) is 3.58. The third-order valence-electron chi connectivity index (χ3n) is 6.87. The molecule has 2 aliphatic heterocycles. The van der Waals surface area contributed by atoms with Gasteiger partial charge < -0.3 is 19.7 Å². The summed E-state index contributed by atoms with van der Waals surface area (Å²) in [7, 11) is -0.653. The van der Waals surface area contributed by atoms with Gasteiger partial charge in [-0.3, -0.25) is 9.00 Å². The Bertz CT molecular complexity index is 1670. The number of aliphatic imine (C=N–C) groups is 1. The van der Waals surface area contributed by atoms with Crippen molar-refractivity contribution in [3.63, 3.8) is 0 Å². The zero-order valence-electron chi connectivity index (χ0n) is 22.4. The van der Waals surface area contributed by atoms with Crippen LogP contribution in [0.4, 0.5) is 17.1 Å². The molecule has 4 aromatic rings. The number of pyridine rings is 1. The number of benzene rings is 1. The van der Waals surface area contributed by atoms with Gasteiger partial charge in [-0.1, -0.05) is 6.92 Å². The second-order valence-electron chi connectivity index (χ2n) is 10.6. The number of aryl methyl sites for hydroxylation is 1. The lowest BCUT2D eigenvalue weighted by molar-refractivity contribution is 0.100. The number of hydrogen-bond acceptors (Lipinski definition) is 7. The molecule has 5 heterocycles. The first-order valence-corrected chi connectivity index (χ1v) is 15.5. The highest BCUT2D eigenvalue weighted by Crippen LogP contribution is 2.37. The lowest BCUT2D eigenvalue weighted by Gasteiger charge is -2.24. The molecule has 1 atom stereocenters. The highest BCUT2D eigenvalue weighted by Gasteiger charge is 2.29. The molecule has 1 amide bonds. The van der Waals surface area contributed by atoms with Crippen molar-refractivity contribution in [3.8, 4) is 17.1 Å². The van der Waals surface area contributed by atoms with Crippen LogP contribution in [0.2, 0.25) is 0 Å². The Morgan fingerprint density at radius 2 is 2.00 bits per heavy atom. The van der Waals surface area contributed by atoms with Crippen molar-refractivity contribution in [1.29, 1.82) is 0 Å². The first-order chi connectivity index (χ1) is 18.7. The lowest BCUT2D eigenvalue weighted by atomic mass is 10.1. The quantitative estimate of drug-likeness (QED) is 0.328. The van der Waals surface area contributed by atoms with Crippen LogP contribution in [-0.4, -0.2) is 61.1 Å². The number of rotatable bonds is 2. The molecule has 0 saturated heterocycles. The van der Waals surface area contributed by atoms with E-state index in [0.717, 1.165) is 41.0 Å². The maximum atomic E-state index is 13.6. The highest BCUT2D eigenvalue weighted by molar-refractivity contribution is 8.02. The minimum atomic E-state index is -2.49. The van der Waals surface area contributed by atoms with E-state index in [9.17, 15) is 9.00 Å². The average molecular weight is 549 g/mol. The maximum absolute atomic E-state index is 13.6. The number of nitrogens with one attached hydrogen (secondary N) is 2. The molecule has 2 N–H and O–H groups in total. The van der Waals surface area contributed by atoms with Crippen molar-refractivity contribution in [1.82, 2.24) is 19.4 Å². The zero-order valence-corrected chi connectivity index (χ0v) is 23.3. The molecular formula is C27H32N8O3S. The van der Waals surface area contributed by atoms with E-state index in [2.05, 4.69) is 32.2 Å². The second kappa shape index (κ2) is 9.53. The van der Waals surface area contributed by atoms with E-state index in [1.54, 1.807) is 46.2 Å². The van der Waals surface area contributed by atoms with Crippen molar-refractivity contribution < 1.29 is 13.7 Å². The van der Waals surface area contributed by atoms with Crippen molar-refractivity contribution in [2.45, 2.75) is 19.8 Å². The maximum Gasteiger partial charge on any atom is 0.280 e. The van der Waals surface area contributed by atoms with E-state index >= 15 is 0 Å². The number of nitrogens with zero attached hydrogens (tertiary/aromatic N) is 6. The Kier molecular flexibility index (Phi) is 6.13. The Morgan fingerprint density at radius 1 is 1.15 bits per heavy atom. The van der Waals surface area contributed by atoms with Gasteiger partial charge >= 0.3 is 0 Å². The van der Waals surface area contributed by atoms with E-state index in [4.69, 9.17) is 4.74 Å². The highest BCUT2D eigenvalue weighted by atomic mass is 32.3. The Balaban J connectivity index is 1.46. The van der Waals surface area contributed by atoms with Crippen molar-refractivity contribution in [2.24, 2.45) is 18.0 Å². The monoisotopic (exact) mass is 548 g/mol. The van der Waals surface area contributed by atoms with E-state index < -0.39 is 10.1 Å². The fourth-order valence-corrected chi connectivity index (χ4v) is 5.86. The molecule has 39 heavy (non-hydrogen) atoms. The van der Waals surface area contributed by atoms with Crippen LogP contribution in [0.15, 0.2) is 53.8 Å². The van der Waals surface area contributed by atoms with Crippen molar-refractivity contribution >= 4 is 44.6 Å². The van der Waals surface area contributed by atoms with Gasteiger partial charge in [-0.25, -0.2) is 9.20 Å².